The molecule has 3 rings (SSSR count). The molecule has 20 heavy (non-hydrogen) atoms. The van der Waals surface area contributed by atoms with E-state index in [1.165, 1.54) is 0 Å². The lowest BCUT2D eigenvalue weighted by atomic mass is 9.79. The zero-order valence-electron chi connectivity index (χ0n) is 12.6. The van der Waals surface area contributed by atoms with Crippen molar-refractivity contribution in [2.75, 3.05) is 6.61 Å². The number of ether oxygens (including phenoxy) is 2. The highest BCUT2D eigenvalue weighted by Crippen LogP contribution is 2.45. The molecule has 0 aliphatic carbocycles. The molecule has 3 heteroatoms. The van der Waals surface area contributed by atoms with Crippen LogP contribution in [0.5, 0.6) is 5.75 Å². The van der Waals surface area contributed by atoms with Gasteiger partial charge in [0.15, 0.2) is 0 Å². The topological polar surface area (TPSA) is 38.7 Å². The Labute approximate surface area is 120 Å². The Hall–Kier alpha value is -1.06. The molecule has 3 nitrogen and oxygen atoms in total. The third-order valence-electron chi connectivity index (χ3n) is 4.62. The molecule has 0 amide bonds. The molecule has 0 aromatic heterocycles. The van der Waals surface area contributed by atoms with E-state index in [9.17, 15) is 5.11 Å². The van der Waals surface area contributed by atoms with Crippen molar-refractivity contribution in [2.24, 2.45) is 5.92 Å². The van der Waals surface area contributed by atoms with Gasteiger partial charge in [0.25, 0.3) is 0 Å². The summed E-state index contributed by atoms with van der Waals surface area (Å²) in [7, 11) is 0. The molecule has 2 aliphatic heterocycles. The lowest BCUT2D eigenvalue weighted by Gasteiger charge is -2.46. The monoisotopic (exact) mass is 276 g/mol. The van der Waals surface area contributed by atoms with Crippen LogP contribution >= 0.6 is 0 Å². The standard InChI is InChI=1S/C17H24O3/c1-11(2)16-10-17(6-7-19-16)9-14(18)13-8-12(3)4-5-15(13)20-17/h4-5,8,11,14,16,18H,6-7,9-10H2,1-3H3/t14-,16?,17?/m0/s1. The second-order valence-electron chi connectivity index (χ2n) is 6.65. The summed E-state index contributed by atoms with van der Waals surface area (Å²) in [4.78, 5) is 0. The highest BCUT2D eigenvalue weighted by molar-refractivity contribution is 5.41. The highest BCUT2D eigenvalue weighted by Gasteiger charge is 2.45. The van der Waals surface area contributed by atoms with Crippen molar-refractivity contribution in [3.8, 4) is 5.75 Å². The van der Waals surface area contributed by atoms with Gasteiger partial charge in [-0.2, -0.15) is 0 Å². The summed E-state index contributed by atoms with van der Waals surface area (Å²) in [6.07, 6.45) is 2.21. The average molecular weight is 276 g/mol. The number of aryl methyl sites for hydroxylation is 1. The Morgan fingerprint density at radius 2 is 2.10 bits per heavy atom. The number of hydrogen-bond donors (Lipinski definition) is 1. The third-order valence-corrected chi connectivity index (χ3v) is 4.62. The molecule has 2 heterocycles. The predicted octanol–water partition coefficient (Wildman–Crippen LogP) is 3.38. The maximum Gasteiger partial charge on any atom is 0.125 e. The second kappa shape index (κ2) is 5.05. The van der Waals surface area contributed by atoms with Gasteiger partial charge in [-0.3, -0.25) is 0 Å². The van der Waals surface area contributed by atoms with Crippen LogP contribution < -0.4 is 4.74 Å². The fraction of sp³-hybridized carbons (Fsp3) is 0.647. The summed E-state index contributed by atoms with van der Waals surface area (Å²) in [6.45, 7) is 7.12. The molecular weight excluding hydrogens is 252 g/mol. The SMILES string of the molecule is Cc1ccc2c(c1)[C@@H](O)CC1(CCOC(C(C)C)C1)O2. The van der Waals surface area contributed by atoms with Gasteiger partial charge >= 0.3 is 0 Å². The number of hydrogen-bond acceptors (Lipinski definition) is 3. The van der Waals surface area contributed by atoms with Crippen LogP contribution in [0.2, 0.25) is 0 Å². The summed E-state index contributed by atoms with van der Waals surface area (Å²) in [5.41, 5.74) is 1.84. The lowest BCUT2D eigenvalue weighted by molar-refractivity contribution is -0.127. The first-order valence-electron chi connectivity index (χ1n) is 7.58. The van der Waals surface area contributed by atoms with E-state index in [4.69, 9.17) is 9.47 Å². The zero-order valence-corrected chi connectivity index (χ0v) is 12.6. The molecule has 0 bridgehead atoms. The quantitative estimate of drug-likeness (QED) is 0.854. The molecule has 1 aromatic carbocycles. The Morgan fingerprint density at radius 3 is 2.85 bits per heavy atom. The minimum absolute atomic E-state index is 0.225. The van der Waals surface area contributed by atoms with E-state index in [1.807, 2.05) is 25.1 Å². The smallest absolute Gasteiger partial charge is 0.125 e. The van der Waals surface area contributed by atoms with Crippen molar-refractivity contribution in [1.29, 1.82) is 0 Å². The zero-order chi connectivity index (χ0) is 14.3. The average Bonchev–Trinajstić information content (AvgIpc) is 2.40. The molecule has 1 saturated heterocycles. The minimum atomic E-state index is -0.426. The van der Waals surface area contributed by atoms with Crippen LogP contribution in [0.3, 0.4) is 0 Å². The van der Waals surface area contributed by atoms with E-state index >= 15 is 0 Å². The molecule has 1 spiro atoms. The minimum Gasteiger partial charge on any atom is -0.487 e. The normalized spacial score (nSPS) is 33.0. The van der Waals surface area contributed by atoms with Crippen molar-refractivity contribution >= 4 is 0 Å². The second-order valence-corrected chi connectivity index (χ2v) is 6.65. The van der Waals surface area contributed by atoms with Crippen LogP contribution in [0.1, 0.15) is 50.3 Å². The number of benzene rings is 1. The van der Waals surface area contributed by atoms with Crippen LogP contribution in [-0.2, 0) is 4.74 Å². The Bertz CT molecular complexity index is 497. The molecule has 0 radical (unpaired) electrons. The molecule has 3 atom stereocenters. The van der Waals surface area contributed by atoms with Crippen molar-refractivity contribution in [3.05, 3.63) is 29.3 Å². The van der Waals surface area contributed by atoms with E-state index in [0.29, 0.717) is 12.3 Å². The van der Waals surface area contributed by atoms with Gasteiger partial charge < -0.3 is 14.6 Å². The maximum atomic E-state index is 10.5. The number of rotatable bonds is 1. The number of aliphatic hydroxyl groups is 1. The Morgan fingerprint density at radius 1 is 1.30 bits per heavy atom. The summed E-state index contributed by atoms with van der Waals surface area (Å²) in [5, 5.41) is 10.5. The molecule has 1 fully saturated rings. The summed E-state index contributed by atoms with van der Waals surface area (Å²) in [6, 6.07) is 6.07. The van der Waals surface area contributed by atoms with Gasteiger partial charge in [0.1, 0.15) is 11.4 Å². The first-order valence-corrected chi connectivity index (χ1v) is 7.58. The van der Waals surface area contributed by atoms with Gasteiger partial charge in [-0.25, -0.2) is 0 Å². The lowest BCUT2D eigenvalue weighted by Crippen LogP contribution is -2.49. The van der Waals surface area contributed by atoms with Gasteiger partial charge in [-0.05, 0) is 25.0 Å². The van der Waals surface area contributed by atoms with E-state index in [-0.39, 0.29) is 11.7 Å². The summed E-state index contributed by atoms with van der Waals surface area (Å²) < 4.78 is 12.2. The largest absolute Gasteiger partial charge is 0.487 e. The van der Waals surface area contributed by atoms with Gasteiger partial charge in [0.05, 0.1) is 18.8 Å². The highest BCUT2D eigenvalue weighted by atomic mass is 16.5. The van der Waals surface area contributed by atoms with Crippen molar-refractivity contribution in [3.63, 3.8) is 0 Å². The van der Waals surface area contributed by atoms with E-state index in [1.54, 1.807) is 0 Å². The fourth-order valence-corrected chi connectivity index (χ4v) is 3.39. The van der Waals surface area contributed by atoms with Crippen LogP contribution in [-0.4, -0.2) is 23.4 Å². The number of fused-ring (bicyclic) bond motifs is 1. The first-order chi connectivity index (χ1) is 9.49. The molecule has 2 aliphatic rings. The van der Waals surface area contributed by atoms with Gasteiger partial charge in [0, 0.05) is 24.8 Å². The van der Waals surface area contributed by atoms with Crippen molar-refractivity contribution in [2.45, 2.75) is 57.8 Å². The fourth-order valence-electron chi connectivity index (χ4n) is 3.39. The van der Waals surface area contributed by atoms with Crippen LogP contribution in [0, 0.1) is 12.8 Å². The molecular formula is C17H24O3. The summed E-state index contributed by atoms with van der Waals surface area (Å²) >= 11 is 0. The molecule has 0 saturated carbocycles. The van der Waals surface area contributed by atoms with Gasteiger partial charge in [-0.15, -0.1) is 0 Å². The van der Waals surface area contributed by atoms with Crippen LogP contribution in [0.25, 0.3) is 0 Å². The van der Waals surface area contributed by atoms with E-state index < -0.39 is 6.10 Å². The third kappa shape index (κ3) is 2.45. The number of aliphatic hydroxyl groups excluding tert-OH is 1. The Kier molecular flexibility index (Phi) is 3.51. The van der Waals surface area contributed by atoms with E-state index in [0.717, 1.165) is 36.3 Å². The molecule has 2 unspecified atom stereocenters. The predicted molar refractivity (Wildman–Crippen MR) is 77.9 cm³/mol. The van der Waals surface area contributed by atoms with Gasteiger partial charge in [0.2, 0.25) is 0 Å². The van der Waals surface area contributed by atoms with Crippen LogP contribution in [0.4, 0.5) is 0 Å². The van der Waals surface area contributed by atoms with E-state index in [2.05, 4.69) is 13.8 Å². The first kappa shape index (κ1) is 13.9. The Balaban J connectivity index is 1.88. The van der Waals surface area contributed by atoms with Gasteiger partial charge in [-0.1, -0.05) is 25.5 Å². The van der Waals surface area contributed by atoms with Crippen molar-refractivity contribution in [1.82, 2.24) is 0 Å². The maximum absolute atomic E-state index is 10.5. The molecule has 1 aromatic rings. The molecule has 110 valence electrons. The van der Waals surface area contributed by atoms with Crippen LogP contribution in [0.15, 0.2) is 18.2 Å². The molecule has 1 N–H and O–H groups in total. The van der Waals surface area contributed by atoms with Crippen molar-refractivity contribution < 1.29 is 14.6 Å². The summed E-state index contributed by atoms with van der Waals surface area (Å²) in [5.74, 6) is 1.33.